The summed E-state index contributed by atoms with van der Waals surface area (Å²) < 4.78 is 24.1. The summed E-state index contributed by atoms with van der Waals surface area (Å²) in [5.41, 5.74) is -0.804. The predicted molar refractivity (Wildman–Crippen MR) is 143 cm³/mol. The number of nitrogens with one attached hydrogen (secondary N) is 1. The normalized spacial score (nSPS) is 19.7. The Morgan fingerprint density at radius 3 is 1.68 bits per heavy atom. The highest BCUT2D eigenvalue weighted by molar-refractivity contribution is 5.91. The van der Waals surface area contributed by atoms with Crippen LogP contribution < -0.4 is 11.2 Å². The molecule has 11 nitrogen and oxygen atoms in total. The lowest BCUT2D eigenvalue weighted by Gasteiger charge is -2.25. The van der Waals surface area contributed by atoms with E-state index in [2.05, 4.69) is 4.98 Å². The molecule has 1 aliphatic heterocycles. The van der Waals surface area contributed by atoms with Crippen LogP contribution in [0.3, 0.4) is 0 Å². The lowest BCUT2D eigenvalue weighted by Crippen LogP contribution is -2.43. The van der Waals surface area contributed by atoms with Gasteiger partial charge in [0.15, 0.2) is 18.4 Å². The van der Waals surface area contributed by atoms with Crippen LogP contribution in [0.15, 0.2) is 113 Å². The van der Waals surface area contributed by atoms with Crippen LogP contribution in [0, 0.1) is 0 Å². The number of esters is 3. The molecule has 1 N–H and O–H groups in total. The molecule has 5 rings (SSSR count). The van der Waals surface area contributed by atoms with Gasteiger partial charge in [0.05, 0.1) is 16.7 Å². The number of benzene rings is 3. The lowest BCUT2D eigenvalue weighted by atomic mass is 10.1. The van der Waals surface area contributed by atoms with Crippen LogP contribution in [-0.4, -0.2) is 52.4 Å². The fourth-order valence-corrected chi connectivity index (χ4v) is 4.31. The molecule has 1 saturated heterocycles. The number of hydrogen-bond acceptors (Lipinski definition) is 9. The van der Waals surface area contributed by atoms with Crippen molar-refractivity contribution in [2.24, 2.45) is 0 Å². The maximum absolute atomic E-state index is 13.1. The van der Waals surface area contributed by atoms with Crippen LogP contribution in [0.1, 0.15) is 37.3 Å². The van der Waals surface area contributed by atoms with Gasteiger partial charge in [0.25, 0.3) is 5.56 Å². The third-order valence-electron chi connectivity index (χ3n) is 6.30. The number of H-pyrrole nitrogens is 1. The predicted octanol–water partition coefficient (Wildman–Crippen LogP) is 2.74. The second-order valence-corrected chi connectivity index (χ2v) is 9.02. The monoisotopic (exact) mass is 556 g/mol. The van der Waals surface area contributed by atoms with Crippen LogP contribution in [0.5, 0.6) is 0 Å². The molecule has 4 atom stereocenters. The SMILES string of the molecule is O=C(OC[C@@H]1O[C@@H](n2ccc(=O)[nH]c2=O)[C@H](OC(=O)c2ccccc2)[C@H]1OC(=O)c1ccccc1)c1ccccc1. The van der Waals surface area contributed by atoms with Gasteiger partial charge in [-0.1, -0.05) is 54.6 Å². The van der Waals surface area contributed by atoms with E-state index in [1.165, 1.54) is 30.5 Å². The van der Waals surface area contributed by atoms with E-state index in [9.17, 15) is 24.0 Å². The van der Waals surface area contributed by atoms with E-state index in [0.29, 0.717) is 0 Å². The third-order valence-corrected chi connectivity index (χ3v) is 6.30. The zero-order valence-corrected chi connectivity index (χ0v) is 21.5. The molecule has 1 fully saturated rings. The molecule has 0 unspecified atom stereocenters. The standard InChI is InChI=1S/C30H24N2O9/c33-23-16-17-32(30(37)31-23)26-25(41-29(36)21-14-8-3-9-15-21)24(40-28(35)20-12-6-2-7-13-20)22(39-26)18-38-27(34)19-10-4-1-5-11-19/h1-17,22,24-26H,18H2,(H,31,33,37)/t22-,24-,25+,26+/m0/s1. The summed E-state index contributed by atoms with van der Waals surface area (Å²) in [5.74, 6) is -2.19. The highest BCUT2D eigenvalue weighted by Crippen LogP contribution is 2.34. The molecule has 0 spiro atoms. The maximum atomic E-state index is 13.1. The first-order valence-corrected chi connectivity index (χ1v) is 12.6. The summed E-state index contributed by atoms with van der Waals surface area (Å²) in [6.45, 7) is -0.408. The highest BCUT2D eigenvalue weighted by Gasteiger charge is 2.51. The minimum atomic E-state index is -1.38. The molecule has 0 aliphatic carbocycles. The Morgan fingerprint density at radius 2 is 1.17 bits per heavy atom. The van der Waals surface area contributed by atoms with Gasteiger partial charge in [-0.15, -0.1) is 0 Å². The zero-order valence-electron chi connectivity index (χ0n) is 21.5. The number of rotatable bonds is 8. The number of ether oxygens (including phenoxy) is 4. The summed E-state index contributed by atoms with van der Waals surface area (Å²) in [6, 6.07) is 25.5. The summed E-state index contributed by atoms with van der Waals surface area (Å²) in [7, 11) is 0. The van der Waals surface area contributed by atoms with Crippen LogP contribution in [0.2, 0.25) is 0 Å². The third kappa shape index (κ3) is 6.31. The Morgan fingerprint density at radius 1 is 0.683 bits per heavy atom. The van der Waals surface area contributed by atoms with Gasteiger partial charge in [0, 0.05) is 12.3 Å². The van der Waals surface area contributed by atoms with Gasteiger partial charge < -0.3 is 18.9 Å². The number of carbonyl (C=O) groups excluding carboxylic acids is 3. The maximum Gasteiger partial charge on any atom is 0.338 e. The number of nitrogens with zero attached hydrogens (tertiary/aromatic N) is 1. The van der Waals surface area contributed by atoms with Gasteiger partial charge in [-0.25, -0.2) is 19.2 Å². The number of aromatic amines is 1. The van der Waals surface area contributed by atoms with Crippen molar-refractivity contribution in [2.75, 3.05) is 6.61 Å². The highest BCUT2D eigenvalue weighted by atomic mass is 16.7. The summed E-state index contributed by atoms with van der Waals surface area (Å²) in [4.78, 5) is 65.5. The first-order valence-electron chi connectivity index (χ1n) is 12.6. The molecule has 4 aromatic rings. The Labute approximate surface area is 232 Å². The van der Waals surface area contributed by atoms with E-state index in [0.717, 1.165) is 10.6 Å². The average molecular weight is 557 g/mol. The van der Waals surface area contributed by atoms with E-state index in [4.69, 9.17) is 18.9 Å². The van der Waals surface area contributed by atoms with Crippen molar-refractivity contribution in [2.45, 2.75) is 24.5 Å². The molecule has 11 heteroatoms. The first kappa shape index (κ1) is 27.3. The topological polar surface area (TPSA) is 143 Å². The van der Waals surface area contributed by atoms with Gasteiger partial charge in [0.2, 0.25) is 0 Å². The molecule has 1 aromatic heterocycles. The van der Waals surface area contributed by atoms with Gasteiger partial charge >= 0.3 is 23.6 Å². The molecule has 1 aliphatic rings. The van der Waals surface area contributed by atoms with Gasteiger partial charge in [-0.3, -0.25) is 14.3 Å². The molecule has 0 radical (unpaired) electrons. The Hall–Kier alpha value is -5.29. The van der Waals surface area contributed by atoms with Crippen molar-refractivity contribution in [1.29, 1.82) is 0 Å². The second-order valence-electron chi connectivity index (χ2n) is 9.02. The second kappa shape index (κ2) is 12.3. The molecule has 3 aromatic carbocycles. The molecule has 0 saturated carbocycles. The fraction of sp³-hybridized carbons (Fsp3) is 0.167. The number of carbonyl (C=O) groups is 3. The quantitative estimate of drug-likeness (QED) is 0.256. The molecular formula is C30H24N2O9. The smallest absolute Gasteiger partial charge is 0.338 e. The number of hydrogen-bond donors (Lipinski definition) is 1. The van der Waals surface area contributed by atoms with E-state index < -0.39 is 60.3 Å². The zero-order chi connectivity index (χ0) is 28.8. The van der Waals surface area contributed by atoms with Crippen molar-refractivity contribution in [3.8, 4) is 0 Å². The lowest BCUT2D eigenvalue weighted by molar-refractivity contribution is -0.0640. The molecule has 0 bridgehead atoms. The average Bonchev–Trinajstić information content (AvgIpc) is 3.33. The van der Waals surface area contributed by atoms with Crippen LogP contribution >= 0.6 is 0 Å². The van der Waals surface area contributed by atoms with Crippen molar-refractivity contribution in [3.05, 3.63) is 141 Å². The van der Waals surface area contributed by atoms with Crippen LogP contribution in [0.4, 0.5) is 0 Å². The van der Waals surface area contributed by atoms with Crippen molar-refractivity contribution < 1.29 is 33.3 Å². The number of aromatic nitrogens is 2. The Balaban J connectivity index is 1.50. The minimum Gasteiger partial charge on any atom is -0.459 e. The summed E-state index contributed by atoms with van der Waals surface area (Å²) >= 11 is 0. The summed E-state index contributed by atoms with van der Waals surface area (Å²) in [5, 5.41) is 0. The van der Waals surface area contributed by atoms with E-state index >= 15 is 0 Å². The fourth-order valence-electron chi connectivity index (χ4n) is 4.31. The van der Waals surface area contributed by atoms with Crippen LogP contribution in [0.25, 0.3) is 0 Å². The van der Waals surface area contributed by atoms with Crippen molar-refractivity contribution in [1.82, 2.24) is 9.55 Å². The van der Waals surface area contributed by atoms with E-state index in [-0.39, 0.29) is 16.7 Å². The first-order chi connectivity index (χ1) is 19.9. The van der Waals surface area contributed by atoms with E-state index in [1.54, 1.807) is 66.7 Å². The van der Waals surface area contributed by atoms with Crippen LogP contribution in [-0.2, 0) is 18.9 Å². The van der Waals surface area contributed by atoms with Gasteiger partial charge in [0.1, 0.15) is 12.7 Å². The van der Waals surface area contributed by atoms with E-state index in [1.807, 2.05) is 0 Å². The molecule has 0 amide bonds. The summed E-state index contributed by atoms with van der Waals surface area (Å²) in [6.07, 6.45) is -4.03. The van der Waals surface area contributed by atoms with Gasteiger partial charge in [-0.05, 0) is 36.4 Å². The van der Waals surface area contributed by atoms with Crippen molar-refractivity contribution in [3.63, 3.8) is 0 Å². The van der Waals surface area contributed by atoms with Gasteiger partial charge in [-0.2, -0.15) is 0 Å². The molecule has 208 valence electrons. The molecule has 41 heavy (non-hydrogen) atoms. The largest absolute Gasteiger partial charge is 0.459 e. The molecule has 2 heterocycles. The molecular weight excluding hydrogens is 532 g/mol. The Bertz CT molecular complexity index is 1640. The Kier molecular flexibility index (Phi) is 8.16. The minimum absolute atomic E-state index is 0.201. The van der Waals surface area contributed by atoms with Crippen molar-refractivity contribution >= 4 is 17.9 Å².